The largest absolute Gasteiger partial charge is 0.491 e. The van der Waals surface area contributed by atoms with E-state index in [1.165, 1.54) is 16.7 Å². The third-order valence-electron chi connectivity index (χ3n) is 6.28. The first kappa shape index (κ1) is 27.0. The quantitative estimate of drug-likeness (QED) is 0.237. The van der Waals surface area contributed by atoms with E-state index in [0.717, 1.165) is 42.6 Å². The molecule has 0 bridgehead atoms. The van der Waals surface area contributed by atoms with Gasteiger partial charge in [-0.1, -0.05) is 68.5 Å². The molecule has 1 unspecified atom stereocenters. The van der Waals surface area contributed by atoms with Crippen LogP contribution in [-0.2, 0) is 19.4 Å². The maximum atomic E-state index is 13.3. The number of nitrogens with zero attached hydrogens (tertiary/aromatic N) is 1. The van der Waals surface area contributed by atoms with Gasteiger partial charge in [0.2, 0.25) is 0 Å². The predicted octanol–water partition coefficient (Wildman–Crippen LogP) is 8.85. The highest BCUT2D eigenvalue weighted by molar-refractivity contribution is 7.94. The van der Waals surface area contributed by atoms with Crippen molar-refractivity contribution in [3.05, 3.63) is 101 Å². The van der Waals surface area contributed by atoms with Gasteiger partial charge in [-0.15, -0.1) is 0 Å². The molecule has 0 heterocycles. The van der Waals surface area contributed by atoms with E-state index < -0.39 is 0 Å². The first-order valence-corrected chi connectivity index (χ1v) is 13.2. The summed E-state index contributed by atoms with van der Waals surface area (Å²) in [4.78, 5) is 2.98. The van der Waals surface area contributed by atoms with Crippen molar-refractivity contribution >= 4 is 18.2 Å². The van der Waals surface area contributed by atoms with Crippen LogP contribution in [-0.4, -0.2) is 18.1 Å². The second-order valence-corrected chi connectivity index (χ2v) is 10.0. The average Bonchev–Trinajstić information content (AvgIpc) is 2.86. The minimum absolute atomic E-state index is 0.146. The van der Waals surface area contributed by atoms with Crippen LogP contribution in [0.1, 0.15) is 67.5 Å². The van der Waals surface area contributed by atoms with E-state index in [-0.39, 0.29) is 24.3 Å². The highest BCUT2D eigenvalue weighted by Gasteiger charge is 2.19. The van der Waals surface area contributed by atoms with Crippen LogP contribution in [0, 0.1) is 0 Å². The lowest BCUT2D eigenvalue weighted by Crippen LogP contribution is -2.25. The molecule has 0 fully saturated rings. The zero-order chi connectivity index (χ0) is 25.2. The molecule has 35 heavy (non-hydrogen) atoms. The number of hydrogen-bond donors (Lipinski definition) is 0. The number of hydrogen-bond acceptors (Lipinski definition) is 3. The molecule has 0 radical (unpaired) electrons. The molecule has 0 saturated carbocycles. The molecule has 0 spiro atoms. The Hall–Kier alpha value is -2.56. The van der Waals surface area contributed by atoms with Crippen LogP contribution < -0.4 is 4.74 Å². The van der Waals surface area contributed by atoms with Gasteiger partial charge in [-0.2, -0.15) is 3.89 Å². The van der Waals surface area contributed by atoms with Crippen LogP contribution in [0.4, 0.5) is 3.89 Å². The monoisotopic (exact) mass is 491 g/mol. The molecule has 0 saturated heterocycles. The highest BCUT2D eigenvalue weighted by Crippen LogP contribution is 2.30. The Morgan fingerprint density at radius 1 is 0.971 bits per heavy atom. The molecular weight excluding hydrogens is 453 g/mol. The summed E-state index contributed by atoms with van der Waals surface area (Å²) in [5.41, 5.74) is 6.13. The fourth-order valence-electron chi connectivity index (χ4n) is 4.49. The highest BCUT2D eigenvalue weighted by atomic mass is 32.2. The van der Waals surface area contributed by atoms with Gasteiger partial charge in [0, 0.05) is 17.5 Å². The van der Waals surface area contributed by atoms with Gasteiger partial charge >= 0.3 is 0 Å². The summed E-state index contributed by atoms with van der Waals surface area (Å²) in [6.45, 7) is 11.0. The van der Waals surface area contributed by atoms with Crippen molar-refractivity contribution in [2.24, 2.45) is 0 Å². The summed E-state index contributed by atoms with van der Waals surface area (Å²) in [7, 11) is 2.15. The van der Waals surface area contributed by atoms with Gasteiger partial charge in [0.1, 0.15) is 5.75 Å². The van der Waals surface area contributed by atoms with Crippen LogP contribution >= 0.6 is 12.1 Å². The molecule has 186 valence electrons. The molecule has 3 aromatic rings. The predicted molar refractivity (Wildman–Crippen MR) is 149 cm³/mol. The van der Waals surface area contributed by atoms with Gasteiger partial charge in [-0.25, -0.2) is 0 Å². The van der Waals surface area contributed by atoms with Gasteiger partial charge in [0.25, 0.3) is 0 Å². The van der Waals surface area contributed by atoms with Crippen molar-refractivity contribution in [2.75, 3.05) is 7.05 Å². The zero-order valence-corrected chi connectivity index (χ0v) is 22.3. The average molecular weight is 492 g/mol. The minimum Gasteiger partial charge on any atom is -0.491 e. The van der Waals surface area contributed by atoms with Crippen LogP contribution in [0.3, 0.4) is 0 Å². The standard InChI is InChI=1S/C31H38FNOS/c1-6-8-24-9-11-25(12-10-24)13-20-31(27-14-17-29(18-15-27)34-23(3)4)33(5)22-28-21-30(35-32)19-16-26(28)7-2/h7,9-12,14-19,21,23,31H,2,6,8,13,20,22H2,1,3-5H3. The third kappa shape index (κ3) is 7.98. The van der Waals surface area contributed by atoms with E-state index in [2.05, 4.69) is 74.0 Å². The number of rotatable bonds is 13. The van der Waals surface area contributed by atoms with E-state index in [4.69, 9.17) is 4.74 Å². The molecule has 1 atom stereocenters. The first-order valence-electron chi connectivity index (χ1n) is 12.5. The Bertz CT molecular complexity index is 1060. The maximum Gasteiger partial charge on any atom is 0.119 e. The number of halogens is 1. The molecule has 0 aliphatic carbocycles. The van der Waals surface area contributed by atoms with Gasteiger partial charge in [-0.05, 0) is 92.2 Å². The van der Waals surface area contributed by atoms with Crippen molar-refractivity contribution < 1.29 is 8.62 Å². The molecule has 3 rings (SSSR count). The lowest BCUT2D eigenvalue weighted by molar-refractivity contribution is 0.223. The van der Waals surface area contributed by atoms with Crippen molar-refractivity contribution in [1.29, 1.82) is 0 Å². The smallest absolute Gasteiger partial charge is 0.119 e. The summed E-state index contributed by atoms with van der Waals surface area (Å²) >= 11 is 0.286. The molecular formula is C31H38FNOS. The molecule has 0 aliphatic heterocycles. The van der Waals surface area contributed by atoms with Gasteiger partial charge in [0.05, 0.1) is 18.3 Å². The fraction of sp³-hybridized carbons (Fsp3) is 0.355. The van der Waals surface area contributed by atoms with E-state index in [1.807, 2.05) is 32.1 Å². The SMILES string of the molecule is C=Cc1ccc(SF)cc1CN(C)C(CCc1ccc(CCC)cc1)c1ccc(OC(C)C)cc1. The van der Waals surface area contributed by atoms with Crippen LogP contribution in [0.5, 0.6) is 5.75 Å². The molecule has 0 amide bonds. The topological polar surface area (TPSA) is 12.5 Å². The lowest BCUT2D eigenvalue weighted by atomic mass is 9.96. The van der Waals surface area contributed by atoms with Crippen molar-refractivity contribution in [2.45, 2.75) is 70.0 Å². The Kier molecular flexibility index (Phi) is 10.4. The summed E-state index contributed by atoms with van der Waals surface area (Å²) in [5.74, 6) is 0.887. The Labute approximate surface area is 215 Å². The van der Waals surface area contributed by atoms with Gasteiger partial charge < -0.3 is 4.74 Å². The Balaban J connectivity index is 1.83. The van der Waals surface area contributed by atoms with E-state index in [0.29, 0.717) is 11.4 Å². The Morgan fingerprint density at radius 3 is 2.20 bits per heavy atom. The zero-order valence-electron chi connectivity index (χ0n) is 21.5. The second-order valence-electron chi connectivity index (χ2n) is 9.41. The molecule has 3 aromatic carbocycles. The minimum atomic E-state index is 0.146. The fourth-order valence-corrected chi connectivity index (χ4v) is 4.80. The van der Waals surface area contributed by atoms with Crippen LogP contribution in [0.2, 0.25) is 0 Å². The summed E-state index contributed by atoms with van der Waals surface area (Å²) < 4.78 is 19.1. The van der Waals surface area contributed by atoms with Crippen molar-refractivity contribution in [3.8, 4) is 5.75 Å². The van der Waals surface area contributed by atoms with E-state index in [1.54, 1.807) is 6.07 Å². The molecule has 0 N–H and O–H groups in total. The number of ether oxygens (including phenoxy) is 1. The van der Waals surface area contributed by atoms with Gasteiger partial charge in [0.15, 0.2) is 0 Å². The summed E-state index contributed by atoms with van der Waals surface area (Å²) in [5, 5.41) is 0. The van der Waals surface area contributed by atoms with Crippen LogP contribution in [0.25, 0.3) is 6.08 Å². The van der Waals surface area contributed by atoms with E-state index in [9.17, 15) is 3.89 Å². The Morgan fingerprint density at radius 2 is 1.63 bits per heavy atom. The summed E-state index contributed by atoms with van der Waals surface area (Å²) in [6, 6.07) is 23.4. The number of aryl methyl sites for hydroxylation is 2. The molecule has 0 aliphatic rings. The molecule has 4 heteroatoms. The third-order valence-corrected chi connectivity index (χ3v) is 6.71. The van der Waals surface area contributed by atoms with Crippen LogP contribution in [0.15, 0.2) is 78.2 Å². The van der Waals surface area contributed by atoms with Crippen molar-refractivity contribution in [3.63, 3.8) is 0 Å². The maximum absolute atomic E-state index is 13.3. The van der Waals surface area contributed by atoms with Gasteiger partial charge in [-0.3, -0.25) is 4.90 Å². The van der Waals surface area contributed by atoms with Crippen molar-refractivity contribution in [1.82, 2.24) is 4.90 Å². The number of benzene rings is 3. The molecule has 0 aromatic heterocycles. The first-order chi connectivity index (χ1) is 16.9. The second kappa shape index (κ2) is 13.5. The normalized spacial score (nSPS) is 12.2. The summed E-state index contributed by atoms with van der Waals surface area (Å²) in [6.07, 6.45) is 6.25. The lowest BCUT2D eigenvalue weighted by Gasteiger charge is -2.30. The molecule has 2 nitrogen and oxygen atoms in total. The van der Waals surface area contributed by atoms with E-state index >= 15 is 0 Å².